The van der Waals surface area contributed by atoms with Crippen molar-refractivity contribution in [1.29, 1.82) is 0 Å². The molecule has 1 heterocycles. The van der Waals surface area contributed by atoms with Crippen molar-refractivity contribution < 1.29 is 17.9 Å². The number of nitrogens with zero attached hydrogens (tertiary/aromatic N) is 1. The third-order valence-corrected chi connectivity index (χ3v) is 4.27. The van der Waals surface area contributed by atoms with E-state index in [4.69, 9.17) is 15.4 Å². The summed E-state index contributed by atoms with van der Waals surface area (Å²) in [5.41, 5.74) is 0.153. The molecule has 1 amide bonds. The molecule has 0 bridgehead atoms. The fourth-order valence-electron chi connectivity index (χ4n) is 1.86. The molecule has 0 aromatic carbocycles. The first kappa shape index (κ1) is 17.9. The van der Waals surface area contributed by atoms with Gasteiger partial charge in [-0.2, -0.15) is 5.10 Å². The maximum Gasteiger partial charge on any atom is 0.273 e. The molecule has 1 atom stereocenters. The maximum absolute atomic E-state index is 12.1. The minimum absolute atomic E-state index is 0.172. The number of carbonyl (C=O) groups is 1. The van der Waals surface area contributed by atoms with Gasteiger partial charge in [0.15, 0.2) is 5.69 Å². The van der Waals surface area contributed by atoms with Crippen molar-refractivity contribution in [1.82, 2.24) is 15.5 Å². The van der Waals surface area contributed by atoms with E-state index in [2.05, 4.69) is 15.5 Å². The molecule has 0 radical (unpaired) electrons. The zero-order chi connectivity index (χ0) is 16.0. The van der Waals surface area contributed by atoms with Gasteiger partial charge in [0.25, 0.3) is 15.0 Å². The zero-order valence-corrected chi connectivity index (χ0v) is 13.8. The molecule has 0 saturated carbocycles. The van der Waals surface area contributed by atoms with Crippen LogP contribution in [0.25, 0.3) is 0 Å². The summed E-state index contributed by atoms with van der Waals surface area (Å²) < 4.78 is 28.3. The molecule has 21 heavy (non-hydrogen) atoms. The predicted molar refractivity (Wildman–Crippen MR) is 79.0 cm³/mol. The third kappa shape index (κ3) is 4.98. The SMILES string of the molecule is CCCc1[nH]nc(C(=O)NC(C)CCOC)c1S(=O)(=O)Cl. The quantitative estimate of drug-likeness (QED) is 0.699. The molecule has 0 spiro atoms. The topological polar surface area (TPSA) is 101 Å². The van der Waals surface area contributed by atoms with Crippen LogP contribution in [0.2, 0.25) is 0 Å². The van der Waals surface area contributed by atoms with Gasteiger partial charge in [0.1, 0.15) is 4.90 Å². The van der Waals surface area contributed by atoms with E-state index in [9.17, 15) is 13.2 Å². The summed E-state index contributed by atoms with van der Waals surface area (Å²) in [6, 6.07) is -0.172. The molecule has 2 N–H and O–H groups in total. The number of ether oxygens (including phenoxy) is 1. The highest BCUT2D eigenvalue weighted by Gasteiger charge is 2.28. The molecule has 0 aliphatic rings. The monoisotopic (exact) mass is 337 g/mol. The number of halogens is 1. The van der Waals surface area contributed by atoms with Gasteiger partial charge in [0.05, 0.1) is 5.69 Å². The first-order valence-corrected chi connectivity index (χ1v) is 8.93. The van der Waals surface area contributed by atoms with E-state index in [1.807, 2.05) is 6.92 Å². The standard InChI is InChI=1S/C12H20ClN3O4S/c1-4-5-9-11(21(13,18)19)10(16-15-9)12(17)14-8(2)6-7-20-3/h8H,4-7H2,1-3H3,(H,14,17)(H,15,16). The average molecular weight is 338 g/mol. The molecule has 120 valence electrons. The maximum atomic E-state index is 12.1. The lowest BCUT2D eigenvalue weighted by Gasteiger charge is -2.12. The fourth-order valence-corrected chi connectivity index (χ4v) is 3.17. The number of hydrogen-bond acceptors (Lipinski definition) is 5. The number of hydrogen-bond donors (Lipinski definition) is 2. The largest absolute Gasteiger partial charge is 0.385 e. The van der Waals surface area contributed by atoms with Crippen molar-refractivity contribution in [2.24, 2.45) is 0 Å². The lowest BCUT2D eigenvalue weighted by molar-refractivity contribution is 0.0921. The molecular formula is C12H20ClN3O4S. The van der Waals surface area contributed by atoms with Crippen LogP contribution in [0.5, 0.6) is 0 Å². The number of amides is 1. The van der Waals surface area contributed by atoms with E-state index in [0.29, 0.717) is 31.6 Å². The fraction of sp³-hybridized carbons (Fsp3) is 0.667. The van der Waals surface area contributed by atoms with Gasteiger partial charge in [-0.1, -0.05) is 13.3 Å². The van der Waals surface area contributed by atoms with Crippen LogP contribution in [-0.4, -0.2) is 44.3 Å². The number of carbonyl (C=O) groups excluding carboxylic acids is 1. The Bertz CT molecular complexity index is 585. The number of aryl methyl sites for hydroxylation is 1. The van der Waals surface area contributed by atoms with Crippen LogP contribution >= 0.6 is 10.7 Å². The Morgan fingerprint density at radius 2 is 2.19 bits per heavy atom. The highest BCUT2D eigenvalue weighted by atomic mass is 35.7. The van der Waals surface area contributed by atoms with Crippen molar-refractivity contribution in [3.05, 3.63) is 11.4 Å². The van der Waals surface area contributed by atoms with Crippen LogP contribution in [0, 0.1) is 0 Å². The summed E-state index contributed by atoms with van der Waals surface area (Å²) in [6.45, 7) is 4.17. The molecule has 0 aliphatic heterocycles. The van der Waals surface area contributed by atoms with Crippen molar-refractivity contribution >= 4 is 25.6 Å². The van der Waals surface area contributed by atoms with E-state index in [-0.39, 0.29) is 16.6 Å². The van der Waals surface area contributed by atoms with Gasteiger partial charge in [-0.15, -0.1) is 0 Å². The summed E-state index contributed by atoms with van der Waals surface area (Å²) in [4.78, 5) is 11.9. The smallest absolute Gasteiger partial charge is 0.273 e. The Hall–Kier alpha value is -1.12. The molecule has 1 aromatic rings. The van der Waals surface area contributed by atoms with Crippen LogP contribution in [0.1, 0.15) is 42.9 Å². The van der Waals surface area contributed by atoms with Crippen LogP contribution in [-0.2, 0) is 20.2 Å². The number of aromatic amines is 1. The predicted octanol–water partition coefficient (Wildman–Crippen LogP) is 1.44. The number of H-pyrrole nitrogens is 1. The Morgan fingerprint density at radius 3 is 2.71 bits per heavy atom. The second-order valence-electron chi connectivity index (χ2n) is 4.72. The van der Waals surface area contributed by atoms with Crippen molar-refractivity contribution in [2.75, 3.05) is 13.7 Å². The van der Waals surface area contributed by atoms with E-state index >= 15 is 0 Å². The van der Waals surface area contributed by atoms with Gasteiger partial charge in [-0.3, -0.25) is 9.89 Å². The van der Waals surface area contributed by atoms with Crippen LogP contribution in [0.4, 0.5) is 0 Å². The zero-order valence-electron chi connectivity index (χ0n) is 12.3. The molecule has 0 fully saturated rings. The molecule has 0 aliphatic carbocycles. The number of rotatable bonds is 8. The molecule has 1 rings (SSSR count). The summed E-state index contributed by atoms with van der Waals surface area (Å²) in [5, 5.41) is 9.06. The summed E-state index contributed by atoms with van der Waals surface area (Å²) in [7, 11) is 2.94. The van der Waals surface area contributed by atoms with E-state index in [1.165, 1.54) is 0 Å². The first-order chi connectivity index (χ1) is 9.81. The molecule has 0 saturated heterocycles. The van der Waals surface area contributed by atoms with Gasteiger partial charge in [0, 0.05) is 30.4 Å². The first-order valence-electron chi connectivity index (χ1n) is 6.62. The molecule has 7 nitrogen and oxygen atoms in total. The van der Waals surface area contributed by atoms with Crippen molar-refractivity contribution in [3.8, 4) is 0 Å². The van der Waals surface area contributed by atoms with Gasteiger partial charge in [-0.05, 0) is 19.8 Å². The second kappa shape index (κ2) is 7.77. The average Bonchev–Trinajstić information content (AvgIpc) is 2.80. The Labute approximate surface area is 128 Å². The van der Waals surface area contributed by atoms with Crippen molar-refractivity contribution in [2.45, 2.75) is 44.0 Å². The summed E-state index contributed by atoms with van der Waals surface area (Å²) >= 11 is 0. The van der Waals surface area contributed by atoms with Crippen LogP contribution < -0.4 is 5.32 Å². The molecular weight excluding hydrogens is 318 g/mol. The highest BCUT2D eigenvalue weighted by molar-refractivity contribution is 8.13. The van der Waals surface area contributed by atoms with E-state index in [1.54, 1.807) is 14.0 Å². The molecule has 9 heteroatoms. The van der Waals surface area contributed by atoms with Crippen LogP contribution in [0.15, 0.2) is 4.90 Å². The normalized spacial score (nSPS) is 13.1. The number of methoxy groups -OCH3 is 1. The van der Waals surface area contributed by atoms with Crippen LogP contribution in [0.3, 0.4) is 0 Å². The second-order valence-corrected chi connectivity index (χ2v) is 7.23. The number of aromatic nitrogens is 2. The minimum atomic E-state index is -4.05. The lowest BCUT2D eigenvalue weighted by atomic mass is 10.2. The minimum Gasteiger partial charge on any atom is -0.385 e. The van der Waals surface area contributed by atoms with Gasteiger partial charge in [0.2, 0.25) is 0 Å². The highest BCUT2D eigenvalue weighted by Crippen LogP contribution is 2.23. The summed E-state index contributed by atoms with van der Waals surface area (Å²) in [6.07, 6.45) is 1.76. The van der Waals surface area contributed by atoms with E-state index < -0.39 is 15.0 Å². The molecule has 1 unspecified atom stereocenters. The summed E-state index contributed by atoms with van der Waals surface area (Å²) in [5.74, 6) is -0.573. The Balaban J connectivity index is 2.99. The van der Waals surface area contributed by atoms with Gasteiger partial charge in [-0.25, -0.2) is 8.42 Å². The number of nitrogens with one attached hydrogen (secondary N) is 2. The third-order valence-electron chi connectivity index (χ3n) is 2.88. The van der Waals surface area contributed by atoms with E-state index in [0.717, 1.165) is 0 Å². The Kier molecular flexibility index (Phi) is 6.63. The van der Waals surface area contributed by atoms with Gasteiger partial charge < -0.3 is 10.1 Å². The Morgan fingerprint density at radius 1 is 1.52 bits per heavy atom. The van der Waals surface area contributed by atoms with Gasteiger partial charge >= 0.3 is 0 Å². The van der Waals surface area contributed by atoms with Crippen molar-refractivity contribution in [3.63, 3.8) is 0 Å². The lowest BCUT2D eigenvalue weighted by Crippen LogP contribution is -2.34. The molecule has 1 aromatic heterocycles.